The fourth-order valence-corrected chi connectivity index (χ4v) is 6.17. The van der Waals surface area contributed by atoms with E-state index >= 15 is 0 Å². The molecule has 1 fully saturated rings. The van der Waals surface area contributed by atoms with E-state index in [2.05, 4.69) is 66.9 Å². The van der Waals surface area contributed by atoms with E-state index in [1.165, 1.54) is 22.9 Å². The minimum absolute atomic E-state index is 0.559. The summed E-state index contributed by atoms with van der Waals surface area (Å²) in [7, 11) is 0. The van der Waals surface area contributed by atoms with Crippen molar-refractivity contribution in [3.63, 3.8) is 0 Å². The van der Waals surface area contributed by atoms with Crippen LogP contribution in [0.1, 0.15) is 37.9 Å². The topological polar surface area (TPSA) is 24.9 Å². The number of aryl methyl sites for hydroxylation is 1. The minimum Gasteiger partial charge on any atom is -0.312 e. The van der Waals surface area contributed by atoms with Gasteiger partial charge in [-0.1, -0.05) is 20.8 Å². The van der Waals surface area contributed by atoms with Gasteiger partial charge in [0.15, 0.2) is 0 Å². The molecular formula is C15H26N2S3. The SMILES string of the molecule is CCCNC(Cc1csc(C)n1)C1CSC(C)C(C)S1. The predicted molar refractivity (Wildman–Crippen MR) is 95.4 cm³/mol. The van der Waals surface area contributed by atoms with E-state index in [1.54, 1.807) is 11.3 Å². The van der Waals surface area contributed by atoms with Crippen molar-refractivity contribution in [3.8, 4) is 0 Å². The van der Waals surface area contributed by atoms with Gasteiger partial charge in [0.25, 0.3) is 0 Å². The average Bonchev–Trinajstić information content (AvgIpc) is 2.83. The van der Waals surface area contributed by atoms with Crippen molar-refractivity contribution in [2.45, 2.75) is 62.3 Å². The molecule has 5 heteroatoms. The smallest absolute Gasteiger partial charge is 0.0897 e. The average molecular weight is 331 g/mol. The summed E-state index contributed by atoms with van der Waals surface area (Å²) in [5.74, 6) is 1.26. The van der Waals surface area contributed by atoms with Gasteiger partial charge < -0.3 is 5.32 Å². The molecule has 1 aromatic rings. The van der Waals surface area contributed by atoms with Crippen LogP contribution in [0.2, 0.25) is 0 Å². The quantitative estimate of drug-likeness (QED) is 0.852. The molecule has 114 valence electrons. The second-order valence-electron chi connectivity index (χ2n) is 5.54. The minimum atomic E-state index is 0.559. The van der Waals surface area contributed by atoms with E-state index in [-0.39, 0.29) is 0 Å². The van der Waals surface area contributed by atoms with Crippen LogP contribution < -0.4 is 5.32 Å². The first-order valence-corrected chi connectivity index (χ1v) is 10.4. The Kier molecular flexibility index (Phi) is 6.72. The first-order chi connectivity index (χ1) is 9.60. The largest absolute Gasteiger partial charge is 0.312 e. The van der Waals surface area contributed by atoms with Crippen LogP contribution in [0.5, 0.6) is 0 Å². The van der Waals surface area contributed by atoms with Gasteiger partial charge in [0, 0.05) is 39.3 Å². The molecule has 0 bridgehead atoms. The number of nitrogens with zero attached hydrogens (tertiary/aromatic N) is 1. The van der Waals surface area contributed by atoms with Crippen molar-refractivity contribution in [2.24, 2.45) is 0 Å². The maximum Gasteiger partial charge on any atom is 0.0897 e. The van der Waals surface area contributed by atoms with Crippen molar-refractivity contribution in [2.75, 3.05) is 12.3 Å². The first kappa shape index (κ1) is 16.7. The molecule has 1 N–H and O–H groups in total. The Balaban J connectivity index is 1.99. The summed E-state index contributed by atoms with van der Waals surface area (Å²) >= 11 is 6.07. The summed E-state index contributed by atoms with van der Waals surface area (Å²) in [5.41, 5.74) is 1.26. The van der Waals surface area contributed by atoms with Crippen molar-refractivity contribution < 1.29 is 0 Å². The number of hydrogen-bond acceptors (Lipinski definition) is 5. The van der Waals surface area contributed by atoms with Crippen molar-refractivity contribution >= 4 is 34.9 Å². The lowest BCUT2D eigenvalue weighted by atomic mass is 10.1. The third kappa shape index (κ3) is 4.65. The molecule has 1 aliphatic heterocycles. The standard InChI is InChI=1S/C15H26N2S3/c1-5-6-16-14(7-13-8-19-12(4)17-13)15-9-18-10(2)11(3)20-15/h8,10-11,14-16H,5-7,9H2,1-4H3. The lowest BCUT2D eigenvalue weighted by Crippen LogP contribution is -2.45. The highest BCUT2D eigenvalue weighted by Gasteiger charge is 2.31. The van der Waals surface area contributed by atoms with Gasteiger partial charge in [-0.2, -0.15) is 23.5 Å². The van der Waals surface area contributed by atoms with Gasteiger partial charge in [-0.15, -0.1) is 11.3 Å². The molecule has 0 spiro atoms. The fraction of sp³-hybridized carbons (Fsp3) is 0.800. The number of hydrogen-bond donors (Lipinski definition) is 1. The van der Waals surface area contributed by atoms with Crippen LogP contribution in [0, 0.1) is 6.92 Å². The van der Waals surface area contributed by atoms with Crippen LogP contribution in [-0.4, -0.2) is 39.1 Å². The van der Waals surface area contributed by atoms with E-state index < -0.39 is 0 Å². The van der Waals surface area contributed by atoms with Gasteiger partial charge in [-0.05, 0) is 19.9 Å². The zero-order chi connectivity index (χ0) is 14.5. The molecule has 20 heavy (non-hydrogen) atoms. The molecule has 0 aromatic carbocycles. The van der Waals surface area contributed by atoms with Gasteiger partial charge in [0.05, 0.1) is 10.7 Å². The van der Waals surface area contributed by atoms with Crippen molar-refractivity contribution in [1.29, 1.82) is 0 Å². The normalized spacial score (nSPS) is 28.5. The van der Waals surface area contributed by atoms with E-state index in [0.29, 0.717) is 11.3 Å². The third-order valence-corrected chi connectivity index (χ3v) is 8.15. The summed E-state index contributed by atoms with van der Waals surface area (Å²) in [6.07, 6.45) is 2.27. The van der Waals surface area contributed by atoms with E-state index in [1.807, 2.05) is 0 Å². The Morgan fingerprint density at radius 2 is 2.20 bits per heavy atom. The van der Waals surface area contributed by atoms with E-state index in [0.717, 1.165) is 23.5 Å². The van der Waals surface area contributed by atoms with Crippen molar-refractivity contribution in [1.82, 2.24) is 10.3 Å². The van der Waals surface area contributed by atoms with Crippen molar-refractivity contribution in [3.05, 3.63) is 16.1 Å². The van der Waals surface area contributed by atoms with Gasteiger partial charge in [-0.3, -0.25) is 0 Å². The van der Waals surface area contributed by atoms with Gasteiger partial charge in [0.2, 0.25) is 0 Å². The van der Waals surface area contributed by atoms with Gasteiger partial charge >= 0.3 is 0 Å². The molecule has 1 saturated heterocycles. The van der Waals surface area contributed by atoms with Gasteiger partial charge in [0.1, 0.15) is 0 Å². The Labute approximate surface area is 135 Å². The second kappa shape index (κ2) is 8.06. The Bertz CT molecular complexity index is 408. The van der Waals surface area contributed by atoms with E-state index in [9.17, 15) is 0 Å². The highest BCUT2D eigenvalue weighted by atomic mass is 32.2. The van der Waals surface area contributed by atoms with E-state index in [4.69, 9.17) is 0 Å². The zero-order valence-corrected chi connectivity index (χ0v) is 15.3. The lowest BCUT2D eigenvalue weighted by molar-refractivity contribution is 0.500. The summed E-state index contributed by atoms with van der Waals surface area (Å²) < 4.78 is 0. The summed E-state index contributed by atoms with van der Waals surface area (Å²) in [6.45, 7) is 10.2. The maximum absolute atomic E-state index is 4.65. The molecule has 0 aliphatic carbocycles. The molecule has 0 radical (unpaired) electrons. The molecule has 1 aliphatic rings. The number of thioether (sulfide) groups is 2. The van der Waals surface area contributed by atoms with Gasteiger partial charge in [-0.25, -0.2) is 4.98 Å². The predicted octanol–water partition coefficient (Wildman–Crippen LogP) is 3.99. The number of rotatable bonds is 6. The molecule has 2 heterocycles. The van der Waals surface area contributed by atoms with Crippen LogP contribution in [-0.2, 0) is 6.42 Å². The summed E-state index contributed by atoms with van der Waals surface area (Å²) in [6, 6.07) is 0.559. The molecule has 4 unspecified atom stereocenters. The highest BCUT2D eigenvalue weighted by molar-refractivity contribution is 8.07. The van der Waals surface area contributed by atoms with Crippen LogP contribution in [0.3, 0.4) is 0 Å². The summed E-state index contributed by atoms with van der Waals surface area (Å²) in [4.78, 5) is 4.65. The summed E-state index contributed by atoms with van der Waals surface area (Å²) in [5, 5.41) is 9.41. The van der Waals surface area contributed by atoms with Crippen LogP contribution >= 0.6 is 34.9 Å². The van der Waals surface area contributed by atoms with Crippen LogP contribution in [0.15, 0.2) is 5.38 Å². The number of aromatic nitrogens is 1. The lowest BCUT2D eigenvalue weighted by Gasteiger charge is -2.36. The Morgan fingerprint density at radius 1 is 1.40 bits per heavy atom. The monoisotopic (exact) mass is 330 g/mol. The maximum atomic E-state index is 4.65. The fourth-order valence-electron chi connectivity index (χ4n) is 2.41. The molecule has 2 rings (SSSR count). The number of thiazole rings is 1. The molecule has 0 amide bonds. The Hall–Kier alpha value is 0.290. The first-order valence-electron chi connectivity index (χ1n) is 7.51. The number of nitrogens with one attached hydrogen (secondary N) is 1. The molecule has 0 saturated carbocycles. The van der Waals surface area contributed by atoms with Crippen LogP contribution in [0.4, 0.5) is 0 Å². The molecule has 1 aromatic heterocycles. The molecular weight excluding hydrogens is 304 g/mol. The molecule has 2 nitrogen and oxygen atoms in total. The molecule has 4 atom stereocenters. The Morgan fingerprint density at radius 3 is 2.80 bits per heavy atom. The zero-order valence-electron chi connectivity index (χ0n) is 12.9. The second-order valence-corrected chi connectivity index (χ2v) is 9.63. The van der Waals surface area contributed by atoms with Crippen LogP contribution in [0.25, 0.3) is 0 Å². The highest BCUT2D eigenvalue weighted by Crippen LogP contribution is 2.37. The third-order valence-electron chi connectivity index (χ3n) is 3.77.